The zero-order valence-electron chi connectivity index (χ0n) is 10.9. The highest BCUT2D eigenvalue weighted by Crippen LogP contribution is 2.20. The molecule has 0 aliphatic rings. The smallest absolute Gasteiger partial charge is 0.224 e. The van der Waals surface area contributed by atoms with Crippen LogP contribution < -0.4 is 5.32 Å². The quantitative estimate of drug-likeness (QED) is 0.935. The molecule has 2 aromatic rings. The average Bonchev–Trinajstić information content (AvgIpc) is 2.76. The first-order valence-electron chi connectivity index (χ1n) is 6.01. The molecule has 1 N–H and O–H groups in total. The molecule has 2 rings (SSSR count). The van der Waals surface area contributed by atoms with Gasteiger partial charge in [-0.15, -0.1) is 0 Å². The summed E-state index contributed by atoms with van der Waals surface area (Å²) in [7, 11) is 0. The molecule has 0 aliphatic heterocycles. The van der Waals surface area contributed by atoms with Crippen molar-refractivity contribution in [1.82, 2.24) is 4.98 Å². The molecule has 1 aromatic carbocycles. The highest BCUT2D eigenvalue weighted by atomic mass is 79.9. The van der Waals surface area contributed by atoms with Crippen LogP contribution in [0.3, 0.4) is 0 Å². The van der Waals surface area contributed by atoms with E-state index in [2.05, 4.69) is 26.2 Å². The van der Waals surface area contributed by atoms with E-state index in [4.69, 9.17) is 4.42 Å². The fraction of sp³-hybridized carbons (Fsp3) is 0.286. The highest BCUT2D eigenvalue weighted by molar-refractivity contribution is 9.10. The third kappa shape index (κ3) is 3.92. The molecule has 0 saturated heterocycles. The Balaban J connectivity index is 1.90. The van der Waals surface area contributed by atoms with Gasteiger partial charge in [0.2, 0.25) is 5.91 Å². The summed E-state index contributed by atoms with van der Waals surface area (Å²) in [6.07, 6.45) is 2.56. The molecule has 0 aliphatic carbocycles. The molecular weight excluding hydrogens is 308 g/mol. The van der Waals surface area contributed by atoms with Gasteiger partial charge in [0.05, 0.1) is 5.69 Å². The number of hydrogen-bond donors (Lipinski definition) is 1. The SMILES string of the molecule is Cc1nc(CCC(=O)Nc2ccc(Br)cc2C)co1. The Morgan fingerprint density at radius 2 is 2.21 bits per heavy atom. The topological polar surface area (TPSA) is 55.1 Å². The van der Waals surface area contributed by atoms with Crippen LogP contribution >= 0.6 is 15.9 Å². The predicted molar refractivity (Wildman–Crippen MR) is 77.1 cm³/mol. The van der Waals surface area contributed by atoms with Gasteiger partial charge in [-0.2, -0.15) is 0 Å². The van der Waals surface area contributed by atoms with Gasteiger partial charge in [0.15, 0.2) is 5.89 Å². The molecule has 4 nitrogen and oxygen atoms in total. The fourth-order valence-corrected chi connectivity index (χ4v) is 2.22. The minimum absolute atomic E-state index is 0.0222. The van der Waals surface area contributed by atoms with Gasteiger partial charge in [0.25, 0.3) is 0 Å². The van der Waals surface area contributed by atoms with E-state index in [1.54, 1.807) is 13.2 Å². The number of aryl methyl sites for hydroxylation is 3. The van der Waals surface area contributed by atoms with Crippen LogP contribution in [-0.2, 0) is 11.2 Å². The number of oxazole rings is 1. The van der Waals surface area contributed by atoms with Crippen molar-refractivity contribution in [3.8, 4) is 0 Å². The van der Waals surface area contributed by atoms with Crippen LogP contribution in [0.5, 0.6) is 0 Å². The lowest BCUT2D eigenvalue weighted by atomic mass is 10.2. The summed E-state index contributed by atoms with van der Waals surface area (Å²) < 4.78 is 6.10. The van der Waals surface area contributed by atoms with Gasteiger partial charge in [-0.25, -0.2) is 4.98 Å². The molecule has 0 atom stereocenters. The second-order valence-corrected chi connectivity index (χ2v) is 5.28. The number of rotatable bonds is 4. The fourth-order valence-electron chi connectivity index (χ4n) is 1.74. The lowest BCUT2D eigenvalue weighted by molar-refractivity contribution is -0.116. The summed E-state index contributed by atoms with van der Waals surface area (Å²) in [5.74, 6) is 0.602. The minimum atomic E-state index is -0.0222. The standard InChI is InChI=1S/C14H15BrN2O2/c1-9-7-11(15)3-5-13(9)17-14(18)6-4-12-8-19-10(2)16-12/h3,5,7-8H,4,6H2,1-2H3,(H,17,18). The van der Waals surface area contributed by atoms with Crippen molar-refractivity contribution >= 4 is 27.5 Å². The van der Waals surface area contributed by atoms with Crippen LogP contribution in [0.2, 0.25) is 0 Å². The molecule has 0 fully saturated rings. The number of anilines is 1. The van der Waals surface area contributed by atoms with Crippen LogP contribution in [0.4, 0.5) is 5.69 Å². The zero-order chi connectivity index (χ0) is 13.8. The Morgan fingerprint density at radius 3 is 2.84 bits per heavy atom. The lowest BCUT2D eigenvalue weighted by Gasteiger charge is -2.08. The summed E-state index contributed by atoms with van der Waals surface area (Å²) in [5.41, 5.74) is 2.67. The van der Waals surface area contributed by atoms with Crippen LogP contribution in [0.25, 0.3) is 0 Å². The number of nitrogens with zero attached hydrogens (tertiary/aromatic N) is 1. The molecular formula is C14H15BrN2O2. The molecule has 1 amide bonds. The van der Waals surface area contributed by atoms with Crippen molar-refractivity contribution in [3.63, 3.8) is 0 Å². The average molecular weight is 323 g/mol. The van der Waals surface area contributed by atoms with E-state index in [-0.39, 0.29) is 5.91 Å². The van der Waals surface area contributed by atoms with Gasteiger partial charge >= 0.3 is 0 Å². The highest BCUT2D eigenvalue weighted by Gasteiger charge is 2.07. The first-order valence-corrected chi connectivity index (χ1v) is 6.81. The Hall–Kier alpha value is -1.62. The van der Waals surface area contributed by atoms with Crippen molar-refractivity contribution in [2.45, 2.75) is 26.7 Å². The van der Waals surface area contributed by atoms with Gasteiger partial charge < -0.3 is 9.73 Å². The maximum Gasteiger partial charge on any atom is 0.224 e. The molecule has 19 heavy (non-hydrogen) atoms. The summed E-state index contributed by atoms with van der Waals surface area (Å²) in [5, 5.41) is 2.90. The van der Waals surface area contributed by atoms with Crippen molar-refractivity contribution in [2.75, 3.05) is 5.32 Å². The molecule has 1 aromatic heterocycles. The number of carbonyl (C=O) groups is 1. The van der Waals surface area contributed by atoms with Gasteiger partial charge in [-0.05, 0) is 30.7 Å². The monoisotopic (exact) mass is 322 g/mol. The van der Waals surface area contributed by atoms with Crippen LogP contribution in [0.1, 0.15) is 23.6 Å². The lowest BCUT2D eigenvalue weighted by Crippen LogP contribution is -2.13. The van der Waals surface area contributed by atoms with Crippen molar-refractivity contribution in [3.05, 3.63) is 46.1 Å². The second kappa shape index (κ2) is 6.02. The third-order valence-corrected chi connectivity index (χ3v) is 3.23. The predicted octanol–water partition coefficient (Wildman–Crippen LogP) is 3.63. The van der Waals surface area contributed by atoms with E-state index in [1.165, 1.54) is 0 Å². The Labute approximate surface area is 120 Å². The Morgan fingerprint density at radius 1 is 1.42 bits per heavy atom. The van der Waals surface area contributed by atoms with Crippen LogP contribution in [-0.4, -0.2) is 10.9 Å². The number of aromatic nitrogens is 1. The number of halogens is 1. The molecule has 0 radical (unpaired) electrons. The van der Waals surface area contributed by atoms with Gasteiger partial charge in [0, 0.05) is 29.9 Å². The van der Waals surface area contributed by atoms with Gasteiger partial charge in [-0.3, -0.25) is 4.79 Å². The van der Waals surface area contributed by atoms with Crippen molar-refractivity contribution in [2.24, 2.45) is 0 Å². The van der Waals surface area contributed by atoms with Crippen molar-refractivity contribution < 1.29 is 9.21 Å². The molecule has 0 saturated carbocycles. The van der Waals surface area contributed by atoms with E-state index in [0.717, 1.165) is 21.4 Å². The summed E-state index contributed by atoms with van der Waals surface area (Å²) in [4.78, 5) is 16.0. The van der Waals surface area contributed by atoms with Crippen LogP contribution in [0, 0.1) is 13.8 Å². The third-order valence-electron chi connectivity index (χ3n) is 2.74. The number of hydrogen-bond acceptors (Lipinski definition) is 3. The largest absolute Gasteiger partial charge is 0.449 e. The maximum absolute atomic E-state index is 11.8. The maximum atomic E-state index is 11.8. The second-order valence-electron chi connectivity index (χ2n) is 4.37. The minimum Gasteiger partial charge on any atom is -0.449 e. The number of amides is 1. The Bertz CT molecular complexity index is 593. The first-order chi connectivity index (χ1) is 9.04. The molecule has 0 bridgehead atoms. The molecule has 100 valence electrons. The van der Waals surface area contributed by atoms with E-state index < -0.39 is 0 Å². The van der Waals surface area contributed by atoms with Crippen LogP contribution in [0.15, 0.2) is 33.4 Å². The number of nitrogens with one attached hydrogen (secondary N) is 1. The molecule has 1 heterocycles. The number of benzene rings is 1. The Kier molecular flexibility index (Phi) is 4.37. The van der Waals surface area contributed by atoms with Gasteiger partial charge in [-0.1, -0.05) is 15.9 Å². The summed E-state index contributed by atoms with van der Waals surface area (Å²) in [6.45, 7) is 3.75. The van der Waals surface area contributed by atoms with Gasteiger partial charge in [0.1, 0.15) is 6.26 Å². The number of carbonyl (C=O) groups excluding carboxylic acids is 1. The van der Waals surface area contributed by atoms with E-state index in [9.17, 15) is 4.79 Å². The summed E-state index contributed by atoms with van der Waals surface area (Å²) in [6, 6.07) is 5.76. The van der Waals surface area contributed by atoms with E-state index in [0.29, 0.717) is 18.7 Å². The van der Waals surface area contributed by atoms with Crippen molar-refractivity contribution in [1.29, 1.82) is 0 Å². The molecule has 0 unspecified atom stereocenters. The zero-order valence-corrected chi connectivity index (χ0v) is 12.5. The summed E-state index contributed by atoms with van der Waals surface area (Å²) >= 11 is 3.39. The van der Waals surface area contributed by atoms with E-state index in [1.807, 2.05) is 25.1 Å². The molecule has 0 spiro atoms. The first kappa shape index (κ1) is 13.8. The normalized spacial score (nSPS) is 10.5. The molecule has 5 heteroatoms. The van der Waals surface area contributed by atoms with E-state index >= 15 is 0 Å².